The number of para-hydroxylation sites is 1. The van der Waals surface area contributed by atoms with E-state index in [1.165, 1.54) is 10.6 Å². The summed E-state index contributed by atoms with van der Waals surface area (Å²) in [5.74, 6) is 0.386. The first-order valence-electron chi connectivity index (χ1n) is 10.8. The van der Waals surface area contributed by atoms with Gasteiger partial charge in [0.15, 0.2) is 0 Å². The van der Waals surface area contributed by atoms with Crippen LogP contribution < -0.4 is 10.9 Å². The fourth-order valence-electron chi connectivity index (χ4n) is 3.85. The summed E-state index contributed by atoms with van der Waals surface area (Å²) >= 11 is 0. The van der Waals surface area contributed by atoms with Crippen molar-refractivity contribution in [1.29, 1.82) is 0 Å². The van der Waals surface area contributed by atoms with Gasteiger partial charge in [-0.2, -0.15) is 4.98 Å². The lowest BCUT2D eigenvalue weighted by Crippen LogP contribution is -2.32. The Morgan fingerprint density at radius 3 is 2.68 bits per heavy atom. The fraction of sp³-hybridized carbons (Fsp3) is 0.115. The zero-order valence-corrected chi connectivity index (χ0v) is 18.4. The van der Waals surface area contributed by atoms with Gasteiger partial charge in [0.05, 0.1) is 11.1 Å². The summed E-state index contributed by atoms with van der Waals surface area (Å²) in [4.78, 5) is 34.2. The minimum atomic E-state index is -0.330. The summed E-state index contributed by atoms with van der Waals surface area (Å²) in [5, 5.41) is 7.67. The van der Waals surface area contributed by atoms with Gasteiger partial charge in [-0.1, -0.05) is 53.2 Å². The van der Waals surface area contributed by atoms with Crippen molar-refractivity contribution in [2.75, 3.05) is 0 Å². The third kappa shape index (κ3) is 4.33. The second-order valence-corrected chi connectivity index (χ2v) is 7.92. The Kier molecular flexibility index (Phi) is 5.70. The number of rotatable bonds is 6. The van der Waals surface area contributed by atoms with Crippen LogP contribution in [0.3, 0.4) is 0 Å². The van der Waals surface area contributed by atoms with E-state index in [0.29, 0.717) is 23.4 Å². The van der Waals surface area contributed by atoms with E-state index in [1.807, 2.05) is 49.4 Å². The average Bonchev–Trinajstić information content (AvgIpc) is 3.35. The van der Waals surface area contributed by atoms with Gasteiger partial charge in [0, 0.05) is 36.0 Å². The molecule has 1 N–H and O–H groups in total. The van der Waals surface area contributed by atoms with Crippen LogP contribution in [-0.4, -0.2) is 25.6 Å². The van der Waals surface area contributed by atoms with Crippen molar-refractivity contribution < 1.29 is 9.32 Å². The van der Waals surface area contributed by atoms with Crippen LogP contribution in [-0.2, 0) is 17.9 Å². The van der Waals surface area contributed by atoms with Crippen molar-refractivity contribution in [3.05, 3.63) is 101 Å². The number of hydrogen-bond donors (Lipinski definition) is 1. The standard InChI is InChI=1S/C26H21N5O3/c1-17-5-4-6-18(13-17)15-28-23(32)16-31-22-8-3-2-7-20(22)21(14-24(31)33)26-29-25(30-34-26)19-9-11-27-12-10-19/h2-14H,15-16H2,1H3,(H,28,32). The van der Waals surface area contributed by atoms with E-state index in [9.17, 15) is 9.59 Å². The molecule has 5 rings (SSSR count). The van der Waals surface area contributed by atoms with E-state index in [-0.39, 0.29) is 23.9 Å². The van der Waals surface area contributed by atoms with Gasteiger partial charge < -0.3 is 9.84 Å². The Morgan fingerprint density at radius 2 is 1.85 bits per heavy atom. The summed E-state index contributed by atoms with van der Waals surface area (Å²) in [6, 6.07) is 20.3. The normalized spacial score (nSPS) is 11.0. The molecule has 0 spiro atoms. The number of aryl methyl sites for hydroxylation is 1. The third-order valence-corrected chi connectivity index (χ3v) is 5.49. The number of benzene rings is 2. The first-order valence-corrected chi connectivity index (χ1v) is 10.8. The number of carbonyl (C=O) groups is 1. The molecular formula is C26H21N5O3. The number of carbonyl (C=O) groups excluding carboxylic acids is 1. The van der Waals surface area contributed by atoms with Gasteiger partial charge in [-0.25, -0.2) is 0 Å². The Balaban J connectivity index is 1.45. The van der Waals surface area contributed by atoms with Crippen molar-refractivity contribution in [3.63, 3.8) is 0 Å². The van der Waals surface area contributed by atoms with Crippen molar-refractivity contribution in [3.8, 4) is 22.8 Å². The number of nitrogens with zero attached hydrogens (tertiary/aromatic N) is 4. The predicted molar refractivity (Wildman–Crippen MR) is 128 cm³/mol. The quantitative estimate of drug-likeness (QED) is 0.422. The lowest BCUT2D eigenvalue weighted by molar-refractivity contribution is -0.121. The van der Waals surface area contributed by atoms with E-state index in [2.05, 4.69) is 20.4 Å². The summed E-state index contributed by atoms with van der Waals surface area (Å²) in [6.45, 7) is 2.30. The van der Waals surface area contributed by atoms with Crippen molar-refractivity contribution in [1.82, 2.24) is 25.0 Å². The lowest BCUT2D eigenvalue weighted by atomic mass is 10.1. The summed E-state index contributed by atoms with van der Waals surface area (Å²) in [7, 11) is 0. The topological polar surface area (TPSA) is 103 Å². The molecule has 0 saturated heterocycles. The van der Waals surface area contributed by atoms with Crippen molar-refractivity contribution >= 4 is 16.8 Å². The molecule has 0 fully saturated rings. The minimum absolute atomic E-state index is 0.0997. The molecule has 0 unspecified atom stereocenters. The smallest absolute Gasteiger partial charge is 0.259 e. The Hall–Kier alpha value is -4.59. The van der Waals surface area contributed by atoms with Crippen LogP contribution in [0.4, 0.5) is 0 Å². The maximum atomic E-state index is 13.0. The maximum Gasteiger partial charge on any atom is 0.259 e. The molecule has 0 aliphatic rings. The second kappa shape index (κ2) is 9.11. The van der Waals surface area contributed by atoms with E-state index < -0.39 is 0 Å². The van der Waals surface area contributed by atoms with E-state index >= 15 is 0 Å². The van der Waals surface area contributed by atoms with Gasteiger partial charge in [0.2, 0.25) is 11.7 Å². The summed E-state index contributed by atoms with van der Waals surface area (Å²) in [6.07, 6.45) is 3.29. The molecule has 0 bridgehead atoms. The number of nitrogens with one attached hydrogen (secondary N) is 1. The molecule has 0 aliphatic heterocycles. The van der Waals surface area contributed by atoms with Crippen LogP contribution in [0.15, 0.2) is 88.4 Å². The molecule has 1 amide bonds. The molecular weight excluding hydrogens is 430 g/mol. The number of pyridine rings is 2. The molecule has 5 aromatic rings. The molecule has 0 saturated carbocycles. The summed E-state index contributed by atoms with van der Waals surface area (Å²) in [5.41, 5.74) is 3.68. The first kappa shape index (κ1) is 21.3. The molecule has 2 aromatic carbocycles. The SMILES string of the molecule is Cc1cccc(CNC(=O)Cn2c(=O)cc(-c3nc(-c4ccncc4)no3)c3ccccc32)c1. The number of aromatic nitrogens is 4. The molecule has 3 aromatic heterocycles. The predicted octanol–water partition coefficient (Wildman–Crippen LogP) is 3.74. The monoisotopic (exact) mass is 451 g/mol. The molecule has 8 nitrogen and oxygen atoms in total. The van der Waals surface area contributed by atoms with Crippen LogP contribution in [0.2, 0.25) is 0 Å². The Bertz CT molecular complexity index is 1540. The third-order valence-electron chi connectivity index (χ3n) is 5.49. The molecule has 0 aliphatic carbocycles. The van der Waals surface area contributed by atoms with Crippen molar-refractivity contribution in [2.24, 2.45) is 0 Å². The Labute approximate surface area is 194 Å². The zero-order valence-electron chi connectivity index (χ0n) is 18.4. The molecule has 34 heavy (non-hydrogen) atoms. The largest absolute Gasteiger partial charge is 0.350 e. The molecule has 8 heteroatoms. The van der Waals surface area contributed by atoms with Gasteiger partial charge >= 0.3 is 0 Å². The highest BCUT2D eigenvalue weighted by Crippen LogP contribution is 2.27. The van der Waals surface area contributed by atoms with Gasteiger partial charge in [-0.3, -0.25) is 19.1 Å². The van der Waals surface area contributed by atoms with Crippen LogP contribution in [0.25, 0.3) is 33.7 Å². The van der Waals surface area contributed by atoms with Crippen LogP contribution in [0, 0.1) is 6.92 Å². The number of fused-ring (bicyclic) bond motifs is 1. The number of amides is 1. The molecule has 168 valence electrons. The molecule has 3 heterocycles. The second-order valence-electron chi connectivity index (χ2n) is 7.92. The van der Waals surface area contributed by atoms with E-state index in [0.717, 1.165) is 22.1 Å². The maximum absolute atomic E-state index is 13.0. The van der Waals surface area contributed by atoms with Gasteiger partial charge in [0.25, 0.3) is 11.4 Å². The van der Waals surface area contributed by atoms with Crippen LogP contribution in [0.5, 0.6) is 0 Å². The number of hydrogen-bond acceptors (Lipinski definition) is 6. The fourth-order valence-corrected chi connectivity index (χ4v) is 3.85. The van der Waals surface area contributed by atoms with E-state index in [4.69, 9.17) is 4.52 Å². The minimum Gasteiger partial charge on any atom is -0.350 e. The van der Waals surface area contributed by atoms with Crippen LogP contribution >= 0.6 is 0 Å². The van der Waals surface area contributed by atoms with Gasteiger partial charge in [-0.15, -0.1) is 0 Å². The van der Waals surface area contributed by atoms with Crippen molar-refractivity contribution in [2.45, 2.75) is 20.0 Å². The molecule has 0 atom stereocenters. The van der Waals surface area contributed by atoms with Gasteiger partial charge in [0.1, 0.15) is 6.54 Å². The van der Waals surface area contributed by atoms with Gasteiger partial charge in [-0.05, 0) is 30.7 Å². The molecule has 0 radical (unpaired) electrons. The highest BCUT2D eigenvalue weighted by Gasteiger charge is 2.17. The average molecular weight is 451 g/mol. The van der Waals surface area contributed by atoms with Crippen LogP contribution in [0.1, 0.15) is 11.1 Å². The Morgan fingerprint density at radius 1 is 1.03 bits per heavy atom. The zero-order chi connectivity index (χ0) is 23.5. The summed E-state index contributed by atoms with van der Waals surface area (Å²) < 4.78 is 6.93. The highest BCUT2D eigenvalue weighted by atomic mass is 16.5. The first-order chi connectivity index (χ1) is 16.6. The van der Waals surface area contributed by atoms with E-state index in [1.54, 1.807) is 30.6 Å². The highest BCUT2D eigenvalue weighted by molar-refractivity contribution is 5.93. The lowest BCUT2D eigenvalue weighted by Gasteiger charge is -2.12.